The Balaban J connectivity index is 1.82. The van der Waals surface area contributed by atoms with E-state index in [1.807, 2.05) is 0 Å². The van der Waals surface area contributed by atoms with Crippen LogP contribution in [0.25, 0.3) is 11.0 Å². The summed E-state index contributed by atoms with van der Waals surface area (Å²) in [6, 6.07) is 1.04. The van der Waals surface area contributed by atoms with Crippen molar-refractivity contribution in [1.29, 1.82) is 0 Å². The molecule has 0 spiro atoms. The van der Waals surface area contributed by atoms with Gasteiger partial charge in [-0.15, -0.1) is 0 Å². The number of halogens is 2. The van der Waals surface area contributed by atoms with Gasteiger partial charge in [0.2, 0.25) is 5.43 Å². The number of carbonyl (C=O) groups is 1. The summed E-state index contributed by atoms with van der Waals surface area (Å²) in [6.45, 7) is -0.405. The van der Waals surface area contributed by atoms with Crippen molar-refractivity contribution >= 4 is 28.5 Å². The summed E-state index contributed by atoms with van der Waals surface area (Å²) in [5.41, 5.74) is 5.25. The summed E-state index contributed by atoms with van der Waals surface area (Å²) >= 11 is 0. The lowest BCUT2D eigenvalue weighted by Crippen LogP contribution is -2.26. The van der Waals surface area contributed by atoms with Crippen LogP contribution in [0.3, 0.4) is 0 Å². The molecule has 2 aliphatic rings. The molecule has 154 valence electrons. The molecule has 1 saturated carbocycles. The van der Waals surface area contributed by atoms with Gasteiger partial charge in [0.05, 0.1) is 17.6 Å². The fourth-order valence-corrected chi connectivity index (χ4v) is 3.59. The van der Waals surface area contributed by atoms with E-state index in [1.165, 1.54) is 6.20 Å². The molecule has 2 fully saturated rings. The van der Waals surface area contributed by atoms with Gasteiger partial charge in [0.25, 0.3) is 6.86 Å². The van der Waals surface area contributed by atoms with Crippen molar-refractivity contribution in [3.8, 4) is 0 Å². The van der Waals surface area contributed by atoms with E-state index in [4.69, 9.17) is 5.73 Å². The standard InChI is InChI=1S/C18H19F2N5O4/c19-8-29-23-14-7-24(5-9(14)4-21)17-13(20)3-11-15(26)12(18(27)28)6-25(10-1-2-10)16(11)22-17/h3,6,9-10H,1-2,4-5,7-8,21H2,(H,27,28)/b23-14+. The van der Waals surface area contributed by atoms with Crippen LogP contribution in [0, 0.1) is 11.7 Å². The Morgan fingerprint density at radius 2 is 2.21 bits per heavy atom. The van der Waals surface area contributed by atoms with Crippen LogP contribution in [0.1, 0.15) is 29.2 Å². The van der Waals surface area contributed by atoms with Crippen LogP contribution in [0.2, 0.25) is 0 Å². The molecule has 2 aromatic heterocycles. The maximum atomic E-state index is 14.9. The summed E-state index contributed by atoms with van der Waals surface area (Å²) in [4.78, 5) is 34.4. The predicted molar refractivity (Wildman–Crippen MR) is 100 cm³/mol. The highest BCUT2D eigenvalue weighted by atomic mass is 19.1. The maximum absolute atomic E-state index is 14.9. The zero-order valence-corrected chi connectivity index (χ0v) is 15.3. The SMILES string of the molecule is NCC1CN(c2nc3c(cc2F)c(=O)c(C(=O)O)cn3C2CC2)C/C1=N\OCF. The van der Waals surface area contributed by atoms with Crippen molar-refractivity contribution in [3.05, 3.63) is 33.9 Å². The Kier molecular flexibility index (Phi) is 4.91. The smallest absolute Gasteiger partial charge is 0.341 e. The number of fused-ring (bicyclic) bond motifs is 1. The van der Waals surface area contributed by atoms with Gasteiger partial charge in [-0.2, -0.15) is 0 Å². The first kappa shape index (κ1) is 19.2. The fourth-order valence-electron chi connectivity index (χ4n) is 3.59. The minimum atomic E-state index is -1.37. The molecule has 3 N–H and O–H groups in total. The highest BCUT2D eigenvalue weighted by molar-refractivity contribution is 5.95. The molecular formula is C18H19F2N5O4. The number of alkyl halides is 1. The van der Waals surface area contributed by atoms with Crippen LogP contribution in [0.5, 0.6) is 0 Å². The average molecular weight is 407 g/mol. The normalized spacial score (nSPS) is 20.6. The second-order valence-electron chi connectivity index (χ2n) is 7.11. The van der Waals surface area contributed by atoms with Crippen LogP contribution in [-0.2, 0) is 4.84 Å². The summed E-state index contributed by atoms with van der Waals surface area (Å²) in [7, 11) is 0. The fraction of sp³-hybridized carbons (Fsp3) is 0.444. The number of carboxylic acid groups (broad SMARTS) is 1. The summed E-state index contributed by atoms with van der Waals surface area (Å²) in [6.07, 6.45) is 2.91. The molecule has 1 atom stereocenters. The number of anilines is 1. The number of hydrogen-bond acceptors (Lipinski definition) is 7. The van der Waals surface area contributed by atoms with Crippen LogP contribution >= 0.6 is 0 Å². The van der Waals surface area contributed by atoms with E-state index < -0.39 is 29.6 Å². The van der Waals surface area contributed by atoms with Crippen molar-refractivity contribution in [2.45, 2.75) is 18.9 Å². The van der Waals surface area contributed by atoms with Gasteiger partial charge in [0.15, 0.2) is 11.6 Å². The number of rotatable bonds is 6. The number of pyridine rings is 2. The molecule has 29 heavy (non-hydrogen) atoms. The first-order chi connectivity index (χ1) is 13.9. The van der Waals surface area contributed by atoms with Crippen molar-refractivity contribution in [3.63, 3.8) is 0 Å². The van der Waals surface area contributed by atoms with Crippen molar-refractivity contribution in [2.75, 3.05) is 31.4 Å². The third-order valence-corrected chi connectivity index (χ3v) is 5.19. The van der Waals surface area contributed by atoms with Crippen molar-refractivity contribution in [2.24, 2.45) is 16.8 Å². The molecule has 1 aliphatic heterocycles. The monoisotopic (exact) mass is 407 g/mol. The molecule has 1 saturated heterocycles. The zero-order valence-electron chi connectivity index (χ0n) is 15.3. The number of aromatic carboxylic acids is 1. The van der Waals surface area contributed by atoms with E-state index in [-0.39, 0.29) is 41.9 Å². The van der Waals surface area contributed by atoms with Crippen molar-refractivity contribution in [1.82, 2.24) is 9.55 Å². The maximum Gasteiger partial charge on any atom is 0.341 e. The number of oxime groups is 1. The van der Waals surface area contributed by atoms with Gasteiger partial charge in [-0.1, -0.05) is 5.16 Å². The molecular weight excluding hydrogens is 388 g/mol. The zero-order chi connectivity index (χ0) is 20.7. The van der Waals surface area contributed by atoms with E-state index in [0.29, 0.717) is 12.3 Å². The van der Waals surface area contributed by atoms with Gasteiger partial charge < -0.3 is 25.1 Å². The summed E-state index contributed by atoms with van der Waals surface area (Å²) in [5, 5.41) is 12.9. The number of aromatic nitrogens is 2. The molecule has 3 heterocycles. The van der Waals surface area contributed by atoms with Gasteiger partial charge in [-0.25, -0.2) is 18.6 Å². The second-order valence-corrected chi connectivity index (χ2v) is 7.11. The molecule has 0 bridgehead atoms. The Morgan fingerprint density at radius 3 is 2.83 bits per heavy atom. The Hall–Kier alpha value is -3.08. The van der Waals surface area contributed by atoms with E-state index in [0.717, 1.165) is 18.9 Å². The summed E-state index contributed by atoms with van der Waals surface area (Å²) in [5.74, 6) is -2.38. The highest BCUT2D eigenvalue weighted by Gasteiger charge is 2.33. The first-order valence-electron chi connectivity index (χ1n) is 9.13. The molecule has 0 aromatic carbocycles. The second kappa shape index (κ2) is 7.39. The number of nitrogens with zero attached hydrogens (tertiary/aromatic N) is 4. The highest BCUT2D eigenvalue weighted by Crippen LogP contribution is 2.37. The Morgan fingerprint density at radius 1 is 1.45 bits per heavy atom. The number of carboxylic acids is 1. The number of nitrogens with two attached hydrogens (primary N) is 1. The van der Waals surface area contributed by atoms with E-state index in [1.54, 1.807) is 9.47 Å². The van der Waals surface area contributed by atoms with Gasteiger partial charge in [-0.3, -0.25) is 4.79 Å². The van der Waals surface area contributed by atoms with Gasteiger partial charge in [0.1, 0.15) is 11.2 Å². The third-order valence-electron chi connectivity index (χ3n) is 5.19. The minimum absolute atomic E-state index is 0.00160. The molecule has 11 heteroatoms. The Labute approximate surface area is 163 Å². The van der Waals surface area contributed by atoms with Gasteiger partial charge in [-0.05, 0) is 18.9 Å². The molecule has 2 aromatic rings. The lowest BCUT2D eigenvalue weighted by molar-refractivity contribution is 0.0626. The molecule has 9 nitrogen and oxygen atoms in total. The largest absolute Gasteiger partial charge is 0.477 e. The lowest BCUT2D eigenvalue weighted by atomic mass is 10.1. The molecule has 4 rings (SSSR count). The lowest BCUT2D eigenvalue weighted by Gasteiger charge is -2.19. The first-order valence-corrected chi connectivity index (χ1v) is 9.13. The average Bonchev–Trinajstić information content (AvgIpc) is 3.46. The van der Waals surface area contributed by atoms with Crippen LogP contribution < -0.4 is 16.1 Å². The van der Waals surface area contributed by atoms with Gasteiger partial charge in [0, 0.05) is 31.2 Å². The molecule has 0 radical (unpaired) electrons. The van der Waals surface area contributed by atoms with Gasteiger partial charge >= 0.3 is 5.97 Å². The predicted octanol–water partition coefficient (Wildman–Crippen LogP) is 1.26. The van der Waals surface area contributed by atoms with Crippen molar-refractivity contribution < 1.29 is 23.5 Å². The topological polar surface area (TPSA) is 123 Å². The van der Waals surface area contributed by atoms with Crippen LogP contribution in [-0.4, -0.2) is 52.8 Å². The molecule has 0 amide bonds. The van der Waals surface area contributed by atoms with E-state index in [2.05, 4.69) is 15.0 Å². The summed E-state index contributed by atoms with van der Waals surface area (Å²) < 4.78 is 28.8. The molecule has 1 unspecified atom stereocenters. The quantitative estimate of drug-likeness (QED) is 0.691. The number of hydrogen-bond donors (Lipinski definition) is 2. The van der Waals surface area contributed by atoms with Crippen LogP contribution in [0.4, 0.5) is 14.6 Å². The third kappa shape index (κ3) is 3.41. The minimum Gasteiger partial charge on any atom is -0.477 e. The molecule has 1 aliphatic carbocycles. The van der Waals surface area contributed by atoms with Crippen LogP contribution in [0.15, 0.2) is 22.2 Å². The van der Waals surface area contributed by atoms with E-state index >= 15 is 0 Å². The Bertz CT molecular complexity index is 1070. The van der Waals surface area contributed by atoms with E-state index in [9.17, 15) is 23.5 Å².